The predicted octanol–water partition coefficient (Wildman–Crippen LogP) is 2.14. The van der Waals surface area contributed by atoms with Gasteiger partial charge in [0.15, 0.2) is 0 Å². The molecule has 0 bridgehead atoms. The van der Waals surface area contributed by atoms with Gasteiger partial charge in [0.1, 0.15) is 33.0 Å². The van der Waals surface area contributed by atoms with Crippen molar-refractivity contribution in [1.82, 2.24) is 4.90 Å². The second kappa shape index (κ2) is 26.7. The minimum absolute atomic E-state index is 0.0137. The standard InChI is InChI=1S/C28H49NO11S3/c1-21(18-41-4)26(33)39-15-13-36-24(31)6-8-29(10-17-43-20-23(3)28(35)38-12-11-30)9-7-25(32)37-14-16-40-27(34)22(2)19-42-5/h21-23,30H,6-20H2,1-5H3. The summed E-state index contributed by atoms with van der Waals surface area (Å²) < 4.78 is 25.6. The molecule has 0 spiro atoms. The second-order valence-corrected chi connectivity index (χ2v) is 12.7. The summed E-state index contributed by atoms with van der Waals surface area (Å²) in [5.74, 6) is -0.304. The summed E-state index contributed by atoms with van der Waals surface area (Å²) >= 11 is 4.63. The van der Waals surface area contributed by atoms with Gasteiger partial charge in [-0.05, 0) is 12.5 Å². The number of carbonyl (C=O) groups is 5. The molecule has 0 radical (unpaired) electrons. The zero-order valence-electron chi connectivity index (χ0n) is 26.0. The van der Waals surface area contributed by atoms with E-state index in [1.807, 2.05) is 17.4 Å². The Morgan fingerprint density at radius 2 is 1.00 bits per heavy atom. The zero-order valence-corrected chi connectivity index (χ0v) is 28.5. The van der Waals surface area contributed by atoms with Crippen molar-refractivity contribution >= 4 is 65.1 Å². The molecule has 0 amide bonds. The topological polar surface area (TPSA) is 155 Å². The van der Waals surface area contributed by atoms with Crippen LogP contribution in [-0.2, 0) is 47.7 Å². The Hall–Kier alpha value is -1.68. The Morgan fingerprint density at radius 3 is 1.42 bits per heavy atom. The minimum Gasteiger partial charge on any atom is -0.463 e. The Balaban J connectivity index is 4.62. The molecular formula is C28H49NO11S3. The summed E-state index contributed by atoms with van der Waals surface area (Å²) in [7, 11) is 0. The lowest BCUT2D eigenvalue weighted by atomic mass is 10.2. The van der Waals surface area contributed by atoms with Crippen LogP contribution in [0.5, 0.6) is 0 Å². The van der Waals surface area contributed by atoms with Crippen molar-refractivity contribution in [3.63, 3.8) is 0 Å². The average molecular weight is 672 g/mol. The molecule has 0 aliphatic rings. The van der Waals surface area contributed by atoms with Crippen molar-refractivity contribution in [2.24, 2.45) is 17.8 Å². The first kappa shape index (κ1) is 41.3. The van der Waals surface area contributed by atoms with E-state index in [2.05, 4.69) is 0 Å². The van der Waals surface area contributed by atoms with Crippen molar-refractivity contribution < 1.29 is 52.8 Å². The Bertz CT molecular complexity index is 771. The van der Waals surface area contributed by atoms with Crippen molar-refractivity contribution in [1.29, 1.82) is 0 Å². The molecule has 0 saturated heterocycles. The first-order valence-electron chi connectivity index (χ1n) is 14.3. The number of nitrogens with zero attached hydrogens (tertiary/aromatic N) is 1. The number of esters is 5. The summed E-state index contributed by atoms with van der Waals surface area (Å²) in [5, 5.41) is 8.80. The molecule has 0 aromatic heterocycles. The van der Waals surface area contributed by atoms with Gasteiger partial charge in [-0.2, -0.15) is 35.3 Å². The number of aliphatic hydroxyl groups excluding tert-OH is 1. The van der Waals surface area contributed by atoms with Gasteiger partial charge in [-0.15, -0.1) is 0 Å². The zero-order chi connectivity index (χ0) is 32.5. The molecule has 250 valence electrons. The number of rotatable bonds is 26. The Labute approximate surface area is 268 Å². The molecule has 0 rings (SSSR count). The lowest BCUT2D eigenvalue weighted by molar-refractivity contribution is -0.154. The van der Waals surface area contributed by atoms with Gasteiger partial charge < -0.3 is 33.7 Å². The molecule has 0 aliphatic carbocycles. The molecule has 0 aromatic rings. The molecule has 43 heavy (non-hydrogen) atoms. The van der Waals surface area contributed by atoms with Crippen LogP contribution in [0.2, 0.25) is 0 Å². The molecule has 0 fully saturated rings. The van der Waals surface area contributed by atoms with Crippen LogP contribution in [0.3, 0.4) is 0 Å². The van der Waals surface area contributed by atoms with Crippen LogP contribution < -0.4 is 0 Å². The van der Waals surface area contributed by atoms with Crippen molar-refractivity contribution in [3.05, 3.63) is 0 Å². The summed E-state index contributed by atoms with van der Waals surface area (Å²) in [5.41, 5.74) is 0. The van der Waals surface area contributed by atoms with Gasteiger partial charge in [0.25, 0.3) is 0 Å². The maximum atomic E-state index is 12.3. The molecule has 3 atom stereocenters. The summed E-state index contributed by atoms with van der Waals surface area (Å²) in [6.45, 7) is 6.14. The Kier molecular flexibility index (Phi) is 25.7. The van der Waals surface area contributed by atoms with E-state index in [9.17, 15) is 24.0 Å². The first-order chi connectivity index (χ1) is 20.5. The third-order valence-electron chi connectivity index (χ3n) is 5.74. The molecule has 0 heterocycles. The maximum Gasteiger partial charge on any atom is 0.309 e. The predicted molar refractivity (Wildman–Crippen MR) is 169 cm³/mol. The van der Waals surface area contributed by atoms with Gasteiger partial charge in [-0.3, -0.25) is 24.0 Å². The number of carbonyl (C=O) groups excluding carboxylic acids is 5. The van der Waals surface area contributed by atoms with Crippen molar-refractivity contribution in [3.8, 4) is 0 Å². The molecule has 0 aromatic carbocycles. The van der Waals surface area contributed by atoms with Gasteiger partial charge in [-0.25, -0.2) is 0 Å². The van der Waals surface area contributed by atoms with Crippen LogP contribution in [0.15, 0.2) is 0 Å². The molecule has 12 nitrogen and oxygen atoms in total. The van der Waals surface area contributed by atoms with E-state index < -0.39 is 11.9 Å². The molecular weight excluding hydrogens is 623 g/mol. The largest absolute Gasteiger partial charge is 0.463 e. The normalized spacial score (nSPS) is 13.1. The molecule has 0 aliphatic heterocycles. The highest BCUT2D eigenvalue weighted by Crippen LogP contribution is 2.12. The van der Waals surface area contributed by atoms with Crippen molar-refractivity contribution in [2.45, 2.75) is 33.6 Å². The van der Waals surface area contributed by atoms with Crippen LogP contribution in [0.4, 0.5) is 0 Å². The monoisotopic (exact) mass is 671 g/mol. The summed E-state index contributed by atoms with van der Waals surface area (Å²) in [6.07, 6.45) is 3.96. The van der Waals surface area contributed by atoms with Gasteiger partial charge in [0, 0.05) is 42.6 Å². The third kappa shape index (κ3) is 22.5. The fourth-order valence-electron chi connectivity index (χ4n) is 3.30. The van der Waals surface area contributed by atoms with E-state index in [0.29, 0.717) is 42.6 Å². The van der Waals surface area contributed by atoms with Crippen LogP contribution in [0.25, 0.3) is 0 Å². The molecule has 15 heteroatoms. The number of aliphatic hydroxyl groups is 1. The SMILES string of the molecule is CSCC(C)C(=O)OCCOC(=O)CCN(CCSCC(C)C(=O)OCCO)CCC(=O)OCCOC(=O)C(C)CSC. The number of hydrogen-bond acceptors (Lipinski definition) is 15. The second-order valence-electron chi connectivity index (χ2n) is 9.70. The molecule has 1 N–H and O–H groups in total. The quantitative estimate of drug-likeness (QED) is 0.0811. The Morgan fingerprint density at radius 1 is 0.605 bits per heavy atom. The highest BCUT2D eigenvalue weighted by atomic mass is 32.2. The van der Waals surface area contributed by atoms with Crippen LogP contribution in [0, 0.1) is 17.8 Å². The van der Waals surface area contributed by atoms with E-state index in [0.717, 1.165) is 0 Å². The minimum atomic E-state index is -0.453. The summed E-state index contributed by atoms with van der Waals surface area (Å²) in [4.78, 5) is 62.0. The number of thioether (sulfide) groups is 3. The van der Waals surface area contributed by atoms with Gasteiger partial charge in [0.05, 0.1) is 37.2 Å². The van der Waals surface area contributed by atoms with E-state index in [-0.39, 0.29) is 88.1 Å². The maximum absolute atomic E-state index is 12.3. The fourth-order valence-corrected chi connectivity index (χ4v) is 5.62. The van der Waals surface area contributed by atoms with E-state index in [1.54, 1.807) is 44.3 Å². The highest BCUT2D eigenvalue weighted by Gasteiger charge is 2.18. The van der Waals surface area contributed by atoms with Crippen LogP contribution >= 0.6 is 35.3 Å². The molecule has 3 unspecified atom stereocenters. The average Bonchev–Trinajstić information content (AvgIpc) is 2.98. The molecule has 0 saturated carbocycles. The first-order valence-corrected chi connectivity index (χ1v) is 18.2. The lowest BCUT2D eigenvalue weighted by Crippen LogP contribution is -2.32. The fraction of sp³-hybridized carbons (Fsp3) is 0.821. The van der Waals surface area contributed by atoms with Gasteiger partial charge in [-0.1, -0.05) is 20.8 Å². The van der Waals surface area contributed by atoms with Gasteiger partial charge in [0.2, 0.25) is 0 Å². The smallest absolute Gasteiger partial charge is 0.309 e. The third-order valence-corrected chi connectivity index (χ3v) is 8.62. The van der Waals surface area contributed by atoms with Crippen LogP contribution in [-0.4, -0.2) is 135 Å². The highest BCUT2D eigenvalue weighted by molar-refractivity contribution is 7.99. The number of hydrogen-bond donors (Lipinski definition) is 1. The van der Waals surface area contributed by atoms with Crippen molar-refractivity contribution in [2.75, 3.05) is 94.8 Å². The van der Waals surface area contributed by atoms with Gasteiger partial charge >= 0.3 is 29.8 Å². The van der Waals surface area contributed by atoms with E-state index in [4.69, 9.17) is 28.8 Å². The van der Waals surface area contributed by atoms with Crippen LogP contribution in [0.1, 0.15) is 33.6 Å². The number of ether oxygens (including phenoxy) is 5. The lowest BCUT2D eigenvalue weighted by Gasteiger charge is -2.22. The van der Waals surface area contributed by atoms with E-state index >= 15 is 0 Å². The van der Waals surface area contributed by atoms with E-state index in [1.165, 1.54) is 11.8 Å². The summed E-state index contributed by atoms with van der Waals surface area (Å²) in [6, 6.07) is 0.